The van der Waals surface area contributed by atoms with Crippen LogP contribution in [-0.2, 0) is 0 Å². The van der Waals surface area contributed by atoms with Gasteiger partial charge in [0.05, 0.1) is 20.3 Å². The van der Waals surface area contributed by atoms with Gasteiger partial charge in [-0.15, -0.1) is 0 Å². The summed E-state index contributed by atoms with van der Waals surface area (Å²) in [5.74, 6) is 3.37. The van der Waals surface area contributed by atoms with E-state index in [1.165, 1.54) is 12.8 Å². The summed E-state index contributed by atoms with van der Waals surface area (Å²) in [6.45, 7) is 6.59. The number of ether oxygens (including phenoxy) is 2. The lowest BCUT2D eigenvalue weighted by Gasteiger charge is -2.33. The fourth-order valence-electron chi connectivity index (χ4n) is 2.51. The summed E-state index contributed by atoms with van der Waals surface area (Å²) in [6, 6.07) is 1.70. The van der Waals surface area contributed by atoms with E-state index in [1.807, 2.05) is 0 Å². The second kappa shape index (κ2) is 6.08. The van der Waals surface area contributed by atoms with Crippen molar-refractivity contribution >= 4 is 5.95 Å². The number of hydrogen-bond acceptors (Lipinski definition) is 5. The van der Waals surface area contributed by atoms with Crippen LogP contribution in [0, 0.1) is 11.8 Å². The largest absolute Gasteiger partial charge is 0.481 e. The van der Waals surface area contributed by atoms with Crippen LogP contribution in [0.3, 0.4) is 0 Å². The second-order valence-electron chi connectivity index (χ2n) is 5.32. The van der Waals surface area contributed by atoms with Gasteiger partial charge in [-0.05, 0) is 24.7 Å². The molecule has 1 saturated heterocycles. The van der Waals surface area contributed by atoms with E-state index >= 15 is 0 Å². The van der Waals surface area contributed by atoms with E-state index in [9.17, 15) is 0 Å². The summed E-state index contributed by atoms with van der Waals surface area (Å²) in [5.41, 5.74) is 0. The molecule has 2 rings (SSSR count). The Hall–Kier alpha value is -1.52. The van der Waals surface area contributed by atoms with Gasteiger partial charge >= 0.3 is 0 Å². The predicted octanol–water partition coefficient (Wildman–Crippen LogP) is 2.37. The molecule has 0 atom stereocenters. The molecule has 106 valence electrons. The molecular formula is C14H23N3O2. The Morgan fingerprint density at radius 1 is 1.11 bits per heavy atom. The maximum absolute atomic E-state index is 5.19. The Labute approximate surface area is 115 Å². The maximum Gasteiger partial charge on any atom is 0.231 e. The van der Waals surface area contributed by atoms with E-state index in [1.54, 1.807) is 20.3 Å². The van der Waals surface area contributed by atoms with Gasteiger partial charge in [0.15, 0.2) is 0 Å². The third-order valence-electron chi connectivity index (χ3n) is 3.85. The molecule has 1 aromatic rings. The lowest BCUT2D eigenvalue weighted by Crippen LogP contribution is -2.36. The smallest absolute Gasteiger partial charge is 0.231 e. The molecular weight excluding hydrogens is 242 g/mol. The zero-order valence-corrected chi connectivity index (χ0v) is 12.2. The van der Waals surface area contributed by atoms with Crippen LogP contribution >= 0.6 is 0 Å². The van der Waals surface area contributed by atoms with Gasteiger partial charge < -0.3 is 14.4 Å². The standard InChI is InChI=1S/C14H23N3O2/c1-10(2)11-5-7-17(8-6-11)14-15-12(18-3)9-13(16-14)19-4/h9-11H,5-8H2,1-4H3. The molecule has 0 N–H and O–H groups in total. The first-order valence-corrected chi connectivity index (χ1v) is 6.86. The molecule has 19 heavy (non-hydrogen) atoms. The zero-order chi connectivity index (χ0) is 13.8. The molecule has 0 spiro atoms. The zero-order valence-electron chi connectivity index (χ0n) is 12.2. The minimum Gasteiger partial charge on any atom is -0.481 e. The van der Waals surface area contributed by atoms with Gasteiger partial charge in [-0.3, -0.25) is 0 Å². The molecule has 0 saturated carbocycles. The van der Waals surface area contributed by atoms with Crippen LogP contribution in [0.2, 0.25) is 0 Å². The highest BCUT2D eigenvalue weighted by atomic mass is 16.5. The van der Waals surface area contributed by atoms with Crippen LogP contribution in [0.4, 0.5) is 5.95 Å². The number of anilines is 1. The minimum atomic E-state index is 0.549. The van der Waals surface area contributed by atoms with Crippen molar-refractivity contribution in [3.63, 3.8) is 0 Å². The minimum absolute atomic E-state index is 0.549. The summed E-state index contributed by atoms with van der Waals surface area (Å²) in [7, 11) is 3.22. The molecule has 0 bridgehead atoms. The molecule has 2 heterocycles. The van der Waals surface area contributed by atoms with Crippen molar-refractivity contribution in [1.29, 1.82) is 0 Å². The molecule has 0 aromatic carbocycles. The molecule has 0 radical (unpaired) electrons. The maximum atomic E-state index is 5.19. The molecule has 1 aliphatic heterocycles. The number of methoxy groups -OCH3 is 2. The quantitative estimate of drug-likeness (QED) is 0.836. The number of hydrogen-bond donors (Lipinski definition) is 0. The van der Waals surface area contributed by atoms with E-state index in [2.05, 4.69) is 28.7 Å². The van der Waals surface area contributed by atoms with Crippen molar-refractivity contribution < 1.29 is 9.47 Å². The van der Waals surface area contributed by atoms with Crippen molar-refractivity contribution in [3.05, 3.63) is 6.07 Å². The molecule has 0 aliphatic carbocycles. The average Bonchev–Trinajstić information content (AvgIpc) is 2.46. The Morgan fingerprint density at radius 2 is 1.63 bits per heavy atom. The second-order valence-corrected chi connectivity index (χ2v) is 5.32. The molecule has 0 amide bonds. The summed E-state index contributed by atoms with van der Waals surface area (Å²) >= 11 is 0. The first kappa shape index (κ1) is 13.9. The normalized spacial score (nSPS) is 16.8. The first-order chi connectivity index (χ1) is 9.13. The Bertz CT molecular complexity index is 393. The van der Waals surface area contributed by atoms with E-state index < -0.39 is 0 Å². The summed E-state index contributed by atoms with van der Waals surface area (Å²) in [5, 5.41) is 0. The van der Waals surface area contributed by atoms with Crippen LogP contribution in [0.25, 0.3) is 0 Å². The van der Waals surface area contributed by atoms with Gasteiger partial charge in [0.1, 0.15) is 0 Å². The SMILES string of the molecule is COc1cc(OC)nc(N2CCC(C(C)C)CC2)n1. The number of nitrogens with zero attached hydrogens (tertiary/aromatic N) is 3. The van der Waals surface area contributed by atoms with Gasteiger partial charge in [0.25, 0.3) is 0 Å². The molecule has 5 heteroatoms. The van der Waals surface area contributed by atoms with Crippen molar-refractivity contribution in [1.82, 2.24) is 9.97 Å². The van der Waals surface area contributed by atoms with E-state index in [0.29, 0.717) is 17.7 Å². The van der Waals surface area contributed by atoms with E-state index in [4.69, 9.17) is 9.47 Å². The number of aromatic nitrogens is 2. The monoisotopic (exact) mass is 265 g/mol. The van der Waals surface area contributed by atoms with Gasteiger partial charge in [0, 0.05) is 13.1 Å². The van der Waals surface area contributed by atoms with Crippen LogP contribution < -0.4 is 14.4 Å². The highest BCUT2D eigenvalue weighted by molar-refractivity contribution is 5.37. The van der Waals surface area contributed by atoms with Crippen molar-refractivity contribution in [2.45, 2.75) is 26.7 Å². The third kappa shape index (κ3) is 3.28. The van der Waals surface area contributed by atoms with E-state index in [0.717, 1.165) is 24.9 Å². The fourth-order valence-corrected chi connectivity index (χ4v) is 2.51. The Kier molecular flexibility index (Phi) is 4.45. The fraction of sp³-hybridized carbons (Fsp3) is 0.714. The van der Waals surface area contributed by atoms with Crippen LogP contribution in [-0.4, -0.2) is 37.3 Å². The summed E-state index contributed by atoms with van der Waals surface area (Å²) in [6.07, 6.45) is 2.39. The summed E-state index contributed by atoms with van der Waals surface area (Å²) in [4.78, 5) is 11.0. The summed E-state index contributed by atoms with van der Waals surface area (Å²) < 4.78 is 10.4. The van der Waals surface area contributed by atoms with E-state index in [-0.39, 0.29) is 0 Å². The third-order valence-corrected chi connectivity index (χ3v) is 3.85. The molecule has 0 unspecified atom stereocenters. The van der Waals surface area contributed by atoms with Crippen LogP contribution in [0.5, 0.6) is 11.8 Å². The average molecular weight is 265 g/mol. The predicted molar refractivity (Wildman–Crippen MR) is 74.9 cm³/mol. The highest BCUT2D eigenvalue weighted by Crippen LogP contribution is 2.28. The highest BCUT2D eigenvalue weighted by Gasteiger charge is 2.23. The van der Waals surface area contributed by atoms with Gasteiger partial charge in [-0.25, -0.2) is 0 Å². The van der Waals surface area contributed by atoms with Crippen LogP contribution in [0.15, 0.2) is 6.07 Å². The van der Waals surface area contributed by atoms with Crippen LogP contribution in [0.1, 0.15) is 26.7 Å². The topological polar surface area (TPSA) is 47.5 Å². The van der Waals surface area contributed by atoms with Crippen molar-refractivity contribution in [2.75, 3.05) is 32.2 Å². The first-order valence-electron chi connectivity index (χ1n) is 6.86. The van der Waals surface area contributed by atoms with Gasteiger partial charge in [-0.2, -0.15) is 9.97 Å². The molecule has 5 nitrogen and oxygen atoms in total. The van der Waals surface area contributed by atoms with Crippen molar-refractivity contribution in [2.24, 2.45) is 11.8 Å². The number of piperidine rings is 1. The lowest BCUT2D eigenvalue weighted by atomic mass is 9.87. The molecule has 1 aliphatic rings. The van der Waals surface area contributed by atoms with Gasteiger partial charge in [-0.1, -0.05) is 13.8 Å². The lowest BCUT2D eigenvalue weighted by molar-refractivity contribution is 0.308. The van der Waals surface area contributed by atoms with Crippen molar-refractivity contribution in [3.8, 4) is 11.8 Å². The Morgan fingerprint density at radius 3 is 2.05 bits per heavy atom. The molecule has 1 aromatic heterocycles. The Balaban J connectivity index is 2.10. The molecule has 1 fully saturated rings. The van der Waals surface area contributed by atoms with Gasteiger partial charge in [0.2, 0.25) is 17.7 Å². The number of rotatable bonds is 4.